The number of hydrogen-bond donors (Lipinski definition) is 0. The molecule has 0 aliphatic heterocycles. The van der Waals surface area contributed by atoms with Gasteiger partial charge in [0.1, 0.15) is 0 Å². The maximum atomic E-state index is 2.46. The molecule has 9 aromatic carbocycles. The van der Waals surface area contributed by atoms with Crippen LogP contribution < -0.4 is 4.90 Å². The fourth-order valence-electron chi connectivity index (χ4n) is 7.68. The van der Waals surface area contributed by atoms with E-state index in [-0.39, 0.29) is 0 Å². The Labute approximate surface area is 307 Å². The van der Waals surface area contributed by atoms with Gasteiger partial charge >= 0.3 is 0 Å². The van der Waals surface area contributed by atoms with E-state index in [1.807, 2.05) is 11.3 Å². The number of hydrogen-bond acceptors (Lipinski definition) is 2. The van der Waals surface area contributed by atoms with E-state index in [0.717, 1.165) is 11.4 Å². The van der Waals surface area contributed by atoms with Crippen LogP contribution in [0.25, 0.3) is 75.1 Å². The SMILES string of the molecule is c1ccc(-c2ccc(-c3cccc(N(c4ccc5ccccc5c4)c4cc5c6cccc(-c7ccccc7)c6sc5c5ccccc45)c3)cc2)cc1. The van der Waals surface area contributed by atoms with Gasteiger partial charge in [0, 0.05) is 42.3 Å². The van der Waals surface area contributed by atoms with Crippen LogP contribution in [-0.2, 0) is 0 Å². The fourth-order valence-corrected chi connectivity index (χ4v) is 9.04. The van der Waals surface area contributed by atoms with Crippen molar-refractivity contribution in [1.29, 1.82) is 0 Å². The van der Waals surface area contributed by atoms with Gasteiger partial charge in [0.05, 0.1) is 5.69 Å². The number of fused-ring (bicyclic) bond motifs is 6. The van der Waals surface area contributed by atoms with Gasteiger partial charge in [0.15, 0.2) is 0 Å². The third-order valence-corrected chi connectivity index (χ3v) is 11.5. The normalized spacial score (nSPS) is 11.5. The quantitative estimate of drug-likeness (QED) is 0.169. The van der Waals surface area contributed by atoms with E-state index in [1.165, 1.54) is 80.8 Å². The summed E-state index contributed by atoms with van der Waals surface area (Å²) in [4.78, 5) is 2.46. The van der Waals surface area contributed by atoms with E-state index >= 15 is 0 Å². The van der Waals surface area contributed by atoms with Crippen molar-refractivity contribution in [2.45, 2.75) is 0 Å². The highest BCUT2D eigenvalue weighted by atomic mass is 32.1. The number of rotatable bonds is 6. The van der Waals surface area contributed by atoms with E-state index in [4.69, 9.17) is 0 Å². The maximum Gasteiger partial charge on any atom is 0.0547 e. The van der Waals surface area contributed by atoms with Crippen LogP contribution in [0.2, 0.25) is 0 Å². The zero-order chi connectivity index (χ0) is 34.4. The Morgan fingerprint density at radius 1 is 0.308 bits per heavy atom. The average molecular weight is 680 g/mol. The van der Waals surface area contributed by atoms with Crippen LogP contribution in [0, 0.1) is 0 Å². The minimum Gasteiger partial charge on any atom is -0.310 e. The summed E-state index contributed by atoms with van der Waals surface area (Å²) in [5, 5.41) is 7.53. The Bertz CT molecular complexity index is 2890. The highest BCUT2D eigenvalue weighted by Crippen LogP contribution is 2.48. The standard InChI is InChI=1S/C50H33NS/c1-3-13-34(14-4-1)36-25-27-37(28-26-36)40-19-11-20-41(31-40)51(42-30-29-35-15-7-8-18-39(35)32-42)48-33-47-46-24-12-23-43(38-16-5-2-6-17-38)49(46)52-50(47)45-22-10-9-21-44(45)48/h1-33H. The Hall–Kier alpha value is -6.48. The summed E-state index contributed by atoms with van der Waals surface area (Å²) in [5.74, 6) is 0. The first kappa shape index (κ1) is 30.4. The van der Waals surface area contributed by atoms with Gasteiger partial charge < -0.3 is 4.90 Å². The van der Waals surface area contributed by atoms with Crippen LogP contribution in [-0.4, -0.2) is 0 Å². The van der Waals surface area contributed by atoms with Gasteiger partial charge in [-0.1, -0.05) is 170 Å². The van der Waals surface area contributed by atoms with Crippen molar-refractivity contribution < 1.29 is 0 Å². The lowest BCUT2D eigenvalue weighted by atomic mass is 9.98. The second-order valence-corrected chi connectivity index (χ2v) is 14.3. The van der Waals surface area contributed by atoms with Gasteiger partial charge in [-0.3, -0.25) is 0 Å². The van der Waals surface area contributed by atoms with Crippen molar-refractivity contribution >= 4 is 70.1 Å². The first-order chi connectivity index (χ1) is 25.8. The van der Waals surface area contributed by atoms with Crippen molar-refractivity contribution in [1.82, 2.24) is 0 Å². The molecule has 10 rings (SSSR count). The monoisotopic (exact) mass is 679 g/mol. The number of anilines is 3. The van der Waals surface area contributed by atoms with E-state index in [2.05, 4.69) is 205 Å². The molecule has 244 valence electrons. The molecule has 0 aliphatic carbocycles. The molecule has 52 heavy (non-hydrogen) atoms. The topological polar surface area (TPSA) is 3.24 Å². The molecule has 0 saturated carbocycles. The summed E-state index contributed by atoms with van der Waals surface area (Å²) < 4.78 is 2.65. The molecule has 1 nitrogen and oxygen atoms in total. The zero-order valence-electron chi connectivity index (χ0n) is 28.4. The Morgan fingerprint density at radius 3 is 1.65 bits per heavy atom. The number of nitrogens with zero attached hydrogens (tertiary/aromatic N) is 1. The summed E-state index contributed by atoms with van der Waals surface area (Å²) in [6.07, 6.45) is 0. The van der Waals surface area contributed by atoms with Gasteiger partial charge in [-0.05, 0) is 74.5 Å². The molecule has 1 heterocycles. The lowest BCUT2D eigenvalue weighted by Crippen LogP contribution is -2.10. The molecule has 0 N–H and O–H groups in total. The summed E-state index contributed by atoms with van der Waals surface area (Å²) >= 11 is 1.91. The highest BCUT2D eigenvalue weighted by Gasteiger charge is 2.21. The van der Waals surface area contributed by atoms with Gasteiger partial charge in [-0.15, -0.1) is 11.3 Å². The zero-order valence-corrected chi connectivity index (χ0v) is 29.2. The van der Waals surface area contributed by atoms with Crippen LogP contribution in [0.3, 0.4) is 0 Å². The molecule has 2 heteroatoms. The van der Waals surface area contributed by atoms with Gasteiger partial charge in [0.2, 0.25) is 0 Å². The largest absolute Gasteiger partial charge is 0.310 e. The minimum atomic E-state index is 1.12. The van der Waals surface area contributed by atoms with E-state index in [0.29, 0.717) is 0 Å². The number of benzene rings is 9. The van der Waals surface area contributed by atoms with Crippen molar-refractivity contribution in [3.63, 3.8) is 0 Å². The molecule has 0 aliphatic rings. The van der Waals surface area contributed by atoms with Crippen molar-refractivity contribution in [3.8, 4) is 33.4 Å². The molecule has 10 aromatic rings. The molecular weight excluding hydrogens is 647 g/mol. The van der Waals surface area contributed by atoms with Crippen molar-refractivity contribution in [2.75, 3.05) is 4.90 Å². The first-order valence-corrected chi connectivity index (χ1v) is 18.6. The van der Waals surface area contributed by atoms with Crippen LogP contribution in [0.5, 0.6) is 0 Å². The first-order valence-electron chi connectivity index (χ1n) is 17.8. The molecule has 0 radical (unpaired) electrons. The molecule has 0 saturated heterocycles. The summed E-state index contributed by atoms with van der Waals surface area (Å²) in [6, 6.07) is 72.9. The molecule has 0 unspecified atom stereocenters. The fraction of sp³-hybridized carbons (Fsp3) is 0. The van der Waals surface area contributed by atoms with Crippen LogP contribution in [0.1, 0.15) is 0 Å². The molecule has 0 bridgehead atoms. The van der Waals surface area contributed by atoms with Gasteiger partial charge in [-0.25, -0.2) is 0 Å². The van der Waals surface area contributed by atoms with E-state index in [1.54, 1.807) is 0 Å². The summed E-state index contributed by atoms with van der Waals surface area (Å²) in [5.41, 5.74) is 10.8. The minimum absolute atomic E-state index is 1.12. The van der Waals surface area contributed by atoms with Gasteiger partial charge in [0.25, 0.3) is 0 Å². The van der Waals surface area contributed by atoms with Crippen molar-refractivity contribution in [2.24, 2.45) is 0 Å². The van der Waals surface area contributed by atoms with Crippen molar-refractivity contribution in [3.05, 3.63) is 200 Å². The second kappa shape index (κ2) is 12.7. The second-order valence-electron chi connectivity index (χ2n) is 13.3. The lowest BCUT2D eigenvalue weighted by Gasteiger charge is -2.28. The predicted molar refractivity (Wildman–Crippen MR) is 225 cm³/mol. The van der Waals surface area contributed by atoms with E-state index < -0.39 is 0 Å². The average Bonchev–Trinajstić information content (AvgIpc) is 3.61. The molecule has 0 fully saturated rings. The molecule has 0 spiro atoms. The molecular formula is C50H33NS. The maximum absolute atomic E-state index is 2.46. The molecule has 0 atom stereocenters. The smallest absolute Gasteiger partial charge is 0.0547 e. The summed E-state index contributed by atoms with van der Waals surface area (Å²) in [6.45, 7) is 0. The predicted octanol–water partition coefficient (Wildman–Crippen LogP) is 14.8. The Kier molecular flexibility index (Phi) is 7.41. The van der Waals surface area contributed by atoms with Crippen LogP contribution in [0.15, 0.2) is 200 Å². The third kappa shape index (κ3) is 5.24. The number of thiophene rings is 1. The lowest BCUT2D eigenvalue weighted by molar-refractivity contribution is 1.31. The molecule has 1 aromatic heterocycles. The summed E-state index contributed by atoms with van der Waals surface area (Å²) in [7, 11) is 0. The van der Waals surface area contributed by atoms with Crippen LogP contribution in [0.4, 0.5) is 17.1 Å². The van der Waals surface area contributed by atoms with Crippen LogP contribution >= 0.6 is 11.3 Å². The highest BCUT2D eigenvalue weighted by molar-refractivity contribution is 7.27. The Morgan fingerprint density at radius 2 is 0.865 bits per heavy atom. The van der Waals surface area contributed by atoms with Gasteiger partial charge in [-0.2, -0.15) is 0 Å². The third-order valence-electron chi connectivity index (χ3n) is 10.2. The van der Waals surface area contributed by atoms with E-state index in [9.17, 15) is 0 Å². The Balaban J connectivity index is 1.20. The molecule has 0 amide bonds.